The molecule has 0 saturated heterocycles. The van der Waals surface area contributed by atoms with Crippen LogP contribution in [0.5, 0.6) is 0 Å². The van der Waals surface area contributed by atoms with Crippen LogP contribution in [-0.2, 0) is 0 Å². The lowest BCUT2D eigenvalue weighted by atomic mass is 10.0. The normalized spacial score (nSPS) is 97.5. The van der Waals surface area contributed by atoms with Crippen molar-refractivity contribution in [2.45, 2.75) is 6.10 Å². The molecule has 0 aliphatic heterocycles. The Morgan fingerprint density at radius 1 is 0.500 bits per heavy atom. The first-order valence-electron chi connectivity index (χ1n) is 4.59. The smallest absolute Gasteiger partial charge is 0.0607 e. The first-order chi connectivity index (χ1) is 4.91. The van der Waals surface area contributed by atoms with Crippen LogP contribution in [0.2, 0.25) is 0 Å². The van der Waals surface area contributed by atoms with Crippen molar-refractivity contribution in [1.29, 1.82) is 0 Å². The van der Waals surface area contributed by atoms with Crippen molar-refractivity contribution < 1.29 is 5.11 Å². The summed E-state index contributed by atoms with van der Waals surface area (Å²) in [7, 11) is 0. The Hall–Kier alpha value is -0.0400. The van der Waals surface area contributed by atoms with Gasteiger partial charge in [0.2, 0.25) is 0 Å². The lowest BCUT2D eigenvalue weighted by Gasteiger charge is -2.10. The molecular weight excluding hydrogens is 124 g/mol. The predicted molar refractivity (Wildman–Crippen MR) is 33.9 cm³/mol. The van der Waals surface area contributed by atoms with Crippen LogP contribution < -0.4 is 0 Å². The average Bonchev–Trinajstić information content (AvgIpc) is 2.70. The molecular formula is C9H10O. The van der Waals surface area contributed by atoms with E-state index >= 15 is 0 Å². The van der Waals surface area contributed by atoms with Crippen LogP contribution in [0.15, 0.2) is 0 Å². The summed E-state index contributed by atoms with van der Waals surface area (Å²) in [4.78, 5) is 0. The highest BCUT2D eigenvalue weighted by molar-refractivity contribution is 5.40. The molecule has 1 nitrogen and oxygen atoms in total. The van der Waals surface area contributed by atoms with Gasteiger partial charge in [0, 0.05) is 0 Å². The predicted octanol–water partition coefficient (Wildman–Crippen LogP) is 0.345. The van der Waals surface area contributed by atoms with Crippen molar-refractivity contribution in [2.75, 3.05) is 0 Å². The molecule has 10 heavy (non-hydrogen) atoms. The third-order valence-corrected chi connectivity index (χ3v) is 5.40. The molecule has 0 heterocycles. The van der Waals surface area contributed by atoms with Crippen molar-refractivity contribution in [3.63, 3.8) is 0 Å². The largest absolute Gasteiger partial charge is 0.393 e. The number of hydrogen-bond acceptors (Lipinski definition) is 1. The van der Waals surface area contributed by atoms with Gasteiger partial charge in [-0.05, 0) is 47.3 Å². The molecule has 0 aromatic carbocycles. The monoisotopic (exact) mass is 134 g/mol. The van der Waals surface area contributed by atoms with E-state index in [2.05, 4.69) is 0 Å². The summed E-state index contributed by atoms with van der Waals surface area (Å²) in [6, 6.07) is 0. The third-order valence-electron chi connectivity index (χ3n) is 5.40. The van der Waals surface area contributed by atoms with Gasteiger partial charge >= 0.3 is 0 Å². The Morgan fingerprint density at radius 2 is 0.800 bits per heavy atom. The van der Waals surface area contributed by atoms with E-state index in [0.717, 1.165) is 47.3 Å². The van der Waals surface area contributed by atoms with E-state index in [1.54, 1.807) is 0 Å². The number of aliphatic hydroxyl groups excluding tert-OH is 1. The topological polar surface area (TPSA) is 20.2 Å². The van der Waals surface area contributed by atoms with Gasteiger partial charge in [-0.15, -0.1) is 0 Å². The zero-order valence-corrected chi connectivity index (χ0v) is 5.64. The standard InChI is InChI=1S/C9H10O/c10-9-7-3-1-2-5(7)6(2)8(9)4(1)3/h1-10H/t1?,2?,3-,4-,5-,6+,7?,8?,9?/m1/s1. The maximum absolute atomic E-state index is 9.74. The highest BCUT2D eigenvalue weighted by Gasteiger charge is 2.93. The van der Waals surface area contributed by atoms with E-state index < -0.39 is 0 Å². The van der Waals surface area contributed by atoms with Crippen LogP contribution in [0.1, 0.15) is 0 Å². The molecule has 6 saturated carbocycles. The zero-order valence-electron chi connectivity index (χ0n) is 5.64. The molecule has 2 bridgehead atoms. The molecule has 6 rings (SSSR count). The lowest BCUT2D eigenvalue weighted by Crippen LogP contribution is -2.17. The molecule has 0 spiro atoms. The molecule has 1 N–H and O–H groups in total. The minimum Gasteiger partial charge on any atom is -0.393 e. The average molecular weight is 134 g/mol. The summed E-state index contributed by atoms with van der Waals surface area (Å²) in [6.45, 7) is 0. The Morgan fingerprint density at radius 3 is 1.10 bits per heavy atom. The SMILES string of the molecule is OC1C2[C@@H]3C4C5[C@@H]2[C@H]5C1[C@H]43. The van der Waals surface area contributed by atoms with Crippen LogP contribution in [0.25, 0.3) is 0 Å². The first kappa shape index (κ1) is 4.10. The highest BCUT2D eigenvalue weighted by Crippen LogP contribution is 2.94. The Balaban J connectivity index is 1.93. The van der Waals surface area contributed by atoms with Crippen LogP contribution >= 0.6 is 0 Å². The van der Waals surface area contributed by atoms with Gasteiger partial charge in [-0.2, -0.15) is 0 Å². The third kappa shape index (κ3) is 0.168. The number of hydrogen-bond donors (Lipinski definition) is 1. The van der Waals surface area contributed by atoms with Crippen LogP contribution in [0.3, 0.4) is 0 Å². The fourth-order valence-corrected chi connectivity index (χ4v) is 5.53. The number of rotatable bonds is 0. The lowest BCUT2D eigenvalue weighted by molar-refractivity contribution is 0.101. The minimum absolute atomic E-state index is 0.167. The summed E-state index contributed by atoms with van der Waals surface area (Å²) in [5.74, 6) is 8.09. The van der Waals surface area contributed by atoms with E-state index in [0.29, 0.717) is 0 Å². The highest BCUT2D eigenvalue weighted by atomic mass is 16.3. The van der Waals surface area contributed by atoms with Crippen molar-refractivity contribution >= 4 is 0 Å². The second-order valence-corrected chi connectivity index (χ2v) is 5.11. The van der Waals surface area contributed by atoms with Gasteiger partial charge < -0.3 is 5.11 Å². The molecule has 6 aliphatic rings. The summed E-state index contributed by atoms with van der Waals surface area (Å²) < 4.78 is 0. The van der Waals surface area contributed by atoms with Gasteiger partial charge in [0.15, 0.2) is 0 Å². The first-order valence-corrected chi connectivity index (χ1v) is 4.59. The molecule has 6 fully saturated rings. The Bertz CT molecular complexity index is 210. The zero-order chi connectivity index (χ0) is 6.20. The van der Waals surface area contributed by atoms with Crippen molar-refractivity contribution in [2.24, 2.45) is 47.3 Å². The molecule has 5 unspecified atom stereocenters. The summed E-state index contributed by atoms with van der Waals surface area (Å²) >= 11 is 0. The van der Waals surface area contributed by atoms with Gasteiger partial charge in [0.1, 0.15) is 0 Å². The fraction of sp³-hybridized carbons (Fsp3) is 1.00. The maximum atomic E-state index is 9.74. The van der Waals surface area contributed by atoms with Gasteiger partial charge in [-0.3, -0.25) is 0 Å². The Labute approximate surface area is 59.4 Å². The van der Waals surface area contributed by atoms with Crippen molar-refractivity contribution in [3.8, 4) is 0 Å². The van der Waals surface area contributed by atoms with Crippen molar-refractivity contribution in [1.82, 2.24) is 0 Å². The number of aliphatic hydroxyl groups is 1. The van der Waals surface area contributed by atoms with E-state index in [-0.39, 0.29) is 6.10 Å². The molecule has 1 heteroatoms. The maximum Gasteiger partial charge on any atom is 0.0607 e. The summed E-state index contributed by atoms with van der Waals surface area (Å²) in [6.07, 6.45) is 0.167. The van der Waals surface area contributed by atoms with Crippen LogP contribution in [0, 0.1) is 47.3 Å². The van der Waals surface area contributed by atoms with Gasteiger partial charge in [0.25, 0.3) is 0 Å². The van der Waals surface area contributed by atoms with Crippen LogP contribution in [0.4, 0.5) is 0 Å². The molecule has 0 amide bonds. The minimum atomic E-state index is 0.167. The van der Waals surface area contributed by atoms with Gasteiger partial charge in [-0.25, -0.2) is 0 Å². The molecule has 52 valence electrons. The van der Waals surface area contributed by atoms with Gasteiger partial charge in [0.05, 0.1) is 6.10 Å². The quantitative estimate of drug-likeness (QED) is 0.506. The molecule has 9 atom stereocenters. The Kier molecular flexibility index (Phi) is 0.320. The molecule has 0 aromatic heterocycles. The molecule has 0 radical (unpaired) electrons. The second-order valence-electron chi connectivity index (χ2n) is 5.11. The summed E-state index contributed by atoms with van der Waals surface area (Å²) in [5, 5.41) is 9.74. The molecule has 0 aromatic rings. The van der Waals surface area contributed by atoms with E-state index in [9.17, 15) is 5.11 Å². The van der Waals surface area contributed by atoms with Crippen LogP contribution in [-0.4, -0.2) is 11.2 Å². The van der Waals surface area contributed by atoms with Gasteiger partial charge in [-0.1, -0.05) is 0 Å². The fourth-order valence-electron chi connectivity index (χ4n) is 5.53. The van der Waals surface area contributed by atoms with Crippen molar-refractivity contribution in [3.05, 3.63) is 0 Å². The molecule has 6 aliphatic carbocycles. The van der Waals surface area contributed by atoms with E-state index in [1.807, 2.05) is 0 Å². The summed E-state index contributed by atoms with van der Waals surface area (Å²) in [5.41, 5.74) is 0. The van der Waals surface area contributed by atoms with E-state index in [1.165, 1.54) is 0 Å². The second kappa shape index (κ2) is 0.781. The van der Waals surface area contributed by atoms with E-state index in [4.69, 9.17) is 0 Å².